The molecule has 0 aromatic rings. The first kappa shape index (κ1) is 13.7. The number of rotatable bonds is 5. The number of piperidine rings is 1. The van der Waals surface area contributed by atoms with Crippen molar-refractivity contribution in [3.63, 3.8) is 0 Å². The molecule has 1 unspecified atom stereocenters. The molecule has 4 heteroatoms. The van der Waals surface area contributed by atoms with Crippen molar-refractivity contribution in [2.45, 2.75) is 37.8 Å². The van der Waals surface area contributed by atoms with Crippen LogP contribution in [0.5, 0.6) is 0 Å². The van der Waals surface area contributed by atoms with E-state index < -0.39 is 0 Å². The van der Waals surface area contributed by atoms with Crippen LogP contribution in [0.4, 0.5) is 0 Å². The van der Waals surface area contributed by atoms with E-state index in [4.69, 9.17) is 4.74 Å². The lowest BCUT2D eigenvalue weighted by molar-refractivity contribution is 0.119. The SMILES string of the molecule is COCCN1CCCC(NC2CCSCC2)C1. The fourth-order valence-corrected chi connectivity index (χ4v) is 3.92. The van der Waals surface area contributed by atoms with E-state index in [2.05, 4.69) is 22.0 Å². The fourth-order valence-electron chi connectivity index (χ4n) is 2.81. The van der Waals surface area contributed by atoms with Crippen LogP contribution in [0, 0.1) is 0 Å². The number of nitrogens with one attached hydrogen (secondary N) is 1. The summed E-state index contributed by atoms with van der Waals surface area (Å²) >= 11 is 2.11. The van der Waals surface area contributed by atoms with Gasteiger partial charge in [-0.3, -0.25) is 4.90 Å². The Labute approximate surface area is 110 Å². The molecule has 2 saturated heterocycles. The number of thioether (sulfide) groups is 1. The average Bonchev–Trinajstić information content (AvgIpc) is 2.38. The number of likely N-dealkylation sites (tertiary alicyclic amines) is 1. The number of hydrogen-bond acceptors (Lipinski definition) is 4. The van der Waals surface area contributed by atoms with E-state index in [1.54, 1.807) is 7.11 Å². The minimum absolute atomic E-state index is 0.716. The maximum absolute atomic E-state index is 5.16. The first-order valence-corrected chi connectivity index (χ1v) is 8.09. The van der Waals surface area contributed by atoms with Gasteiger partial charge in [0.25, 0.3) is 0 Å². The lowest BCUT2D eigenvalue weighted by atomic mass is 10.0. The largest absolute Gasteiger partial charge is 0.383 e. The summed E-state index contributed by atoms with van der Waals surface area (Å²) in [7, 11) is 1.79. The van der Waals surface area contributed by atoms with E-state index in [1.807, 2.05) is 0 Å². The molecule has 2 rings (SSSR count). The van der Waals surface area contributed by atoms with Gasteiger partial charge in [0.1, 0.15) is 0 Å². The molecule has 0 aliphatic carbocycles. The van der Waals surface area contributed by atoms with Crippen molar-refractivity contribution >= 4 is 11.8 Å². The van der Waals surface area contributed by atoms with E-state index in [-0.39, 0.29) is 0 Å². The molecule has 0 aromatic carbocycles. The molecule has 0 bridgehead atoms. The summed E-state index contributed by atoms with van der Waals surface area (Å²) in [6.07, 6.45) is 5.41. The monoisotopic (exact) mass is 258 g/mol. The van der Waals surface area contributed by atoms with E-state index in [0.717, 1.165) is 19.2 Å². The molecule has 1 atom stereocenters. The molecule has 2 fully saturated rings. The minimum Gasteiger partial charge on any atom is -0.383 e. The minimum atomic E-state index is 0.716. The summed E-state index contributed by atoms with van der Waals surface area (Å²) in [5.74, 6) is 2.69. The molecule has 0 spiro atoms. The third-order valence-electron chi connectivity index (χ3n) is 3.81. The van der Waals surface area contributed by atoms with Crippen LogP contribution in [-0.4, -0.2) is 61.8 Å². The Morgan fingerprint density at radius 3 is 2.82 bits per heavy atom. The highest BCUT2D eigenvalue weighted by atomic mass is 32.2. The van der Waals surface area contributed by atoms with Crippen molar-refractivity contribution in [3.05, 3.63) is 0 Å². The summed E-state index contributed by atoms with van der Waals surface area (Å²) < 4.78 is 5.16. The topological polar surface area (TPSA) is 24.5 Å². The Bertz CT molecular complexity index is 210. The zero-order chi connectivity index (χ0) is 11.9. The van der Waals surface area contributed by atoms with E-state index >= 15 is 0 Å². The van der Waals surface area contributed by atoms with Crippen LogP contribution in [0.15, 0.2) is 0 Å². The number of methoxy groups -OCH3 is 1. The predicted octanol–water partition coefficient (Wildman–Crippen LogP) is 1.58. The van der Waals surface area contributed by atoms with Gasteiger partial charge in [-0.2, -0.15) is 11.8 Å². The van der Waals surface area contributed by atoms with Crippen molar-refractivity contribution in [1.82, 2.24) is 10.2 Å². The lowest BCUT2D eigenvalue weighted by Gasteiger charge is -2.36. The van der Waals surface area contributed by atoms with Gasteiger partial charge in [0.15, 0.2) is 0 Å². The van der Waals surface area contributed by atoms with Crippen molar-refractivity contribution in [2.24, 2.45) is 0 Å². The van der Waals surface area contributed by atoms with Crippen LogP contribution in [0.2, 0.25) is 0 Å². The second kappa shape index (κ2) is 7.62. The zero-order valence-electron chi connectivity index (χ0n) is 11.0. The first-order chi connectivity index (χ1) is 8.38. The molecular formula is C13H26N2OS. The Kier molecular flexibility index (Phi) is 6.12. The second-order valence-electron chi connectivity index (χ2n) is 5.19. The first-order valence-electron chi connectivity index (χ1n) is 6.93. The second-order valence-corrected chi connectivity index (χ2v) is 6.41. The molecule has 2 aliphatic rings. The fraction of sp³-hybridized carbons (Fsp3) is 1.00. The van der Waals surface area contributed by atoms with Gasteiger partial charge in [-0.05, 0) is 43.7 Å². The molecule has 3 nitrogen and oxygen atoms in total. The van der Waals surface area contributed by atoms with Gasteiger partial charge in [0.05, 0.1) is 6.61 Å². The normalized spacial score (nSPS) is 28.4. The number of hydrogen-bond donors (Lipinski definition) is 1. The van der Waals surface area contributed by atoms with Gasteiger partial charge >= 0.3 is 0 Å². The van der Waals surface area contributed by atoms with Crippen LogP contribution >= 0.6 is 11.8 Å². The summed E-state index contributed by atoms with van der Waals surface area (Å²) in [6, 6.07) is 1.50. The van der Waals surface area contributed by atoms with Gasteiger partial charge in [-0.15, -0.1) is 0 Å². The molecule has 0 aromatic heterocycles. The van der Waals surface area contributed by atoms with Crippen molar-refractivity contribution in [3.8, 4) is 0 Å². The van der Waals surface area contributed by atoms with Gasteiger partial charge in [0.2, 0.25) is 0 Å². The average molecular weight is 258 g/mol. The van der Waals surface area contributed by atoms with E-state index in [1.165, 1.54) is 50.3 Å². The highest BCUT2D eigenvalue weighted by Gasteiger charge is 2.23. The zero-order valence-corrected chi connectivity index (χ0v) is 11.8. The standard InChI is InChI=1S/C13H26N2OS/c1-16-8-7-15-6-2-3-13(11-15)14-12-4-9-17-10-5-12/h12-14H,2-11H2,1H3. The Balaban J connectivity index is 1.68. The van der Waals surface area contributed by atoms with Gasteiger partial charge in [-0.1, -0.05) is 0 Å². The van der Waals surface area contributed by atoms with Crippen molar-refractivity contribution in [1.29, 1.82) is 0 Å². The molecule has 0 amide bonds. The summed E-state index contributed by atoms with van der Waals surface area (Å²) in [5, 5.41) is 3.87. The Morgan fingerprint density at radius 2 is 2.06 bits per heavy atom. The third kappa shape index (κ3) is 4.78. The quantitative estimate of drug-likeness (QED) is 0.809. The number of ether oxygens (including phenoxy) is 1. The van der Waals surface area contributed by atoms with Crippen LogP contribution < -0.4 is 5.32 Å². The molecule has 2 heterocycles. The van der Waals surface area contributed by atoms with Crippen LogP contribution in [0.25, 0.3) is 0 Å². The molecule has 100 valence electrons. The van der Waals surface area contributed by atoms with Crippen LogP contribution in [0.3, 0.4) is 0 Å². The Hall–Kier alpha value is 0.230. The molecule has 0 saturated carbocycles. The van der Waals surface area contributed by atoms with Crippen molar-refractivity contribution < 1.29 is 4.74 Å². The smallest absolute Gasteiger partial charge is 0.0589 e. The van der Waals surface area contributed by atoms with Crippen LogP contribution in [-0.2, 0) is 4.74 Å². The molecule has 17 heavy (non-hydrogen) atoms. The number of nitrogens with zero attached hydrogens (tertiary/aromatic N) is 1. The lowest BCUT2D eigenvalue weighted by Crippen LogP contribution is -2.50. The molecule has 2 aliphatic heterocycles. The maximum Gasteiger partial charge on any atom is 0.0589 e. The van der Waals surface area contributed by atoms with E-state index in [0.29, 0.717) is 6.04 Å². The summed E-state index contributed by atoms with van der Waals surface area (Å²) in [4.78, 5) is 2.54. The van der Waals surface area contributed by atoms with Gasteiger partial charge < -0.3 is 10.1 Å². The molecule has 1 N–H and O–H groups in total. The maximum atomic E-state index is 5.16. The van der Waals surface area contributed by atoms with Gasteiger partial charge in [-0.25, -0.2) is 0 Å². The van der Waals surface area contributed by atoms with E-state index in [9.17, 15) is 0 Å². The summed E-state index contributed by atoms with van der Waals surface area (Å²) in [5.41, 5.74) is 0. The molecule has 0 radical (unpaired) electrons. The van der Waals surface area contributed by atoms with Gasteiger partial charge in [0, 0.05) is 32.3 Å². The summed E-state index contributed by atoms with van der Waals surface area (Å²) in [6.45, 7) is 4.43. The predicted molar refractivity (Wildman–Crippen MR) is 74.8 cm³/mol. The third-order valence-corrected chi connectivity index (χ3v) is 4.86. The molecular weight excluding hydrogens is 232 g/mol. The Morgan fingerprint density at radius 1 is 1.24 bits per heavy atom. The highest BCUT2D eigenvalue weighted by Crippen LogP contribution is 2.19. The highest BCUT2D eigenvalue weighted by molar-refractivity contribution is 7.99. The van der Waals surface area contributed by atoms with Crippen molar-refractivity contribution in [2.75, 3.05) is 44.9 Å². The van der Waals surface area contributed by atoms with Crippen LogP contribution in [0.1, 0.15) is 25.7 Å².